The van der Waals surface area contributed by atoms with Crippen molar-refractivity contribution < 1.29 is 5.11 Å². The van der Waals surface area contributed by atoms with Crippen molar-refractivity contribution in [3.8, 4) is 5.75 Å². The molecule has 3 aromatic rings. The molecule has 1 N–H and O–H groups in total. The normalized spacial score (nSPS) is 11.3. The second-order valence-corrected chi connectivity index (χ2v) is 4.70. The van der Waals surface area contributed by atoms with Gasteiger partial charge in [-0.2, -0.15) is 0 Å². The van der Waals surface area contributed by atoms with Gasteiger partial charge in [-0.15, -0.1) is 0 Å². The van der Waals surface area contributed by atoms with Crippen LogP contribution in [0.3, 0.4) is 0 Å². The molecule has 0 saturated carbocycles. The van der Waals surface area contributed by atoms with E-state index in [2.05, 4.69) is 4.98 Å². The molecule has 0 saturated heterocycles. The van der Waals surface area contributed by atoms with Crippen molar-refractivity contribution in [2.45, 2.75) is 0 Å². The maximum absolute atomic E-state index is 10.2. The predicted octanol–water partition coefficient (Wildman–Crippen LogP) is 4.38. The summed E-state index contributed by atoms with van der Waals surface area (Å²) >= 11 is 0. The first-order chi connectivity index (χ1) is 10.3. The molecule has 2 aromatic carbocycles. The van der Waals surface area contributed by atoms with E-state index in [4.69, 9.17) is 0 Å². The molecule has 102 valence electrons. The second-order valence-electron chi connectivity index (χ2n) is 4.70. The van der Waals surface area contributed by atoms with Gasteiger partial charge in [-0.25, -0.2) is 0 Å². The lowest BCUT2D eigenvalue weighted by Gasteiger charge is -2.10. The Balaban J connectivity index is 2.17. The number of phenolic OH excluding ortho intramolecular Hbond substituents is 1. The Bertz CT molecular complexity index is 749. The monoisotopic (exact) mass is 273 g/mol. The highest BCUT2D eigenvalue weighted by Gasteiger charge is 2.09. The summed E-state index contributed by atoms with van der Waals surface area (Å²) in [4.78, 5) is 4.34. The van der Waals surface area contributed by atoms with Crippen LogP contribution in [0.15, 0.2) is 79.0 Å². The van der Waals surface area contributed by atoms with E-state index in [-0.39, 0.29) is 5.75 Å². The zero-order chi connectivity index (χ0) is 14.5. The van der Waals surface area contributed by atoms with Gasteiger partial charge in [0.05, 0.1) is 5.69 Å². The summed E-state index contributed by atoms with van der Waals surface area (Å²) in [5.74, 6) is 0.267. The molecule has 0 aliphatic carbocycles. The fourth-order valence-corrected chi connectivity index (χ4v) is 2.24. The average molecular weight is 273 g/mol. The number of pyridine rings is 1. The molecule has 0 aliphatic heterocycles. The third-order valence-electron chi connectivity index (χ3n) is 3.26. The molecule has 0 unspecified atom stereocenters. The highest BCUT2D eigenvalue weighted by atomic mass is 16.3. The first-order valence-electron chi connectivity index (χ1n) is 6.81. The molecule has 0 aliphatic rings. The van der Waals surface area contributed by atoms with Crippen molar-refractivity contribution in [3.05, 3.63) is 95.8 Å². The number of aromatic nitrogens is 1. The Morgan fingerprint density at radius 2 is 1.52 bits per heavy atom. The van der Waals surface area contributed by atoms with E-state index in [0.29, 0.717) is 0 Å². The zero-order valence-electron chi connectivity index (χ0n) is 11.5. The van der Waals surface area contributed by atoms with Crippen LogP contribution < -0.4 is 0 Å². The lowest BCUT2D eigenvalue weighted by molar-refractivity contribution is 0.473. The van der Waals surface area contributed by atoms with Crippen LogP contribution in [0.5, 0.6) is 5.75 Å². The van der Waals surface area contributed by atoms with Crippen LogP contribution in [0, 0.1) is 0 Å². The molecule has 2 heteroatoms. The first-order valence-corrected chi connectivity index (χ1v) is 6.81. The summed E-state index contributed by atoms with van der Waals surface area (Å²) in [6.45, 7) is 0. The Labute approximate surface area is 124 Å². The topological polar surface area (TPSA) is 33.1 Å². The second kappa shape index (κ2) is 6.06. The van der Waals surface area contributed by atoms with Crippen LogP contribution in [0.4, 0.5) is 0 Å². The van der Waals surface area contributed by atoms with Crippen molar-refractivity contribution >= 4 is 11.6 Å². The average Bonchev–Trinajstić information content (AvgIpc) is 2.55. The minimum atomic E-state index is 0.267. The van der Waals surface area contributed by atoms with Gasteiger partial charge < -0.3 is 5.11 Å². The van der Waals surface area contributed by atoms with Gasteiger partial charge >= 0.3 is 0 Å². The van der Waals surface area contributed by atoms with Gasteiger partial charge in [-0.3, -0.25) is 4.98 Å². The smallest absolute Gasteiger partial charge is 0.123 e. The lowest BCUT2D eigenvalue weighted by atomic mass is 9.96. The van der Waals surface area contributed by atoms with Gasteiger partial charge in [-0.1, -0.05) is 54.6 Å². The molecule has 0 bridgehead atoms. The number of benzene rings is 2. The number of rotatable bonds is 3. The third kappa shape index (κ3) is 3.00. The van der Waals surface area contributed by atoms with Crippen molar-refractivity contribution in [2.24, 2.45) is 0 Å². The number of para-hydroxylation sites is 1. The van der Waals surface area contributed by atoms with Crippen molar-refractivity contribution in [3.63, 3.8) is 0 Å². The van der Waals surface area contributed by atoms with Crippen LogP contribution in [0.1, 0.15) is 16.8 Å². The van der Waals surface area contributed by atoms with Gasteiger partial charge in [0.15, 0.2) is 0 Å². The van der Waals surface area contributed by atoms with Crippen LogP contribution in [-0.2, 0) is 0 Å². The fraction of sp³-hybridized carbons (Fsp3) is 0. The number of aromatic hydroxyl groups is 1. The van der Waals surface area contributed by atoms with Gasteiger partial charge in [-0.05, 0) is 35.4 Å². The summed E-state index contributed by atoms with van der Waals surface area (Å²) < 4.78 is 0. The molecule has 1 aromatic heterocycles. The first kappa shape index (κ1) is 13.1. The Morgan fingerprint density at radius 3 is 2.24 bits per heavy atom. The fourth-order valence-electron chi connectivity index (χ4n) is 2.24. The molecule has 21 heavy (non-hydrogen) atoms. The summed E-state index contributed by atoms with van der Waals surface area (Å²) in [5, 5.41) is 10.2. The third-order valence-corrected chi connectivity index (χ3v) is 3.26. The molecule has 0 atom stereocenters. The van der Waals surface area contributed by atoms with E-state index in [1.807, 2.05) is 72.8 Å². The predicted molar refractivity (Wildman–Crippen MR) is 85.8 cm³/mol. The van der Waals surface area contributed by atoms with E-state index in [9.17, 15) is 5.11 Å². The summed E-state index contributed by atoms with van der Waals surface area (Å²) in [6, 6.07) is 23.2. The molecule has 0 amide bonds. The Hall–Kier alpha value is -2.87. The lowest BCUT2D eigenvalue weighted by Crippen LogP contribution is -1.90. The van der Waals surface area contributed by atoms with Crippen LogP contribution in [0.25, 0.3) is 11.6 Å². The number of phenols is 1. The standard InChI is InChI=1S/C19H15NO/c21-19-12-5-4-11-17(19)18(15-8-2-1-3-9-15)14-16-10-6-7-13-20-16/h1-14,21H/b18-14+. The molecule has 2 nitrogen and oxygen atoms in total. The van der Waals surface area contributed by atoms with E-state index in [1.165, 1.54) is 0 Å². The molecular weight excluding hydrogens is 258 g/mol. The molecule has 0 spiro atoms. The van der Waals surface area contributed by atoms with E-state index in [0.717, 1.165) is 22.4 Å². The minimum absolute atomic E-state index is 0.267. The van der Waals surface area contributed by atoms with Gasteiger partial charge in [0.2, 0.25) is 0 Å². The summed E-state index contributed by atoms with van der Waals surface area (Å²) in [7, 11) is 0. The maximum atomic E-state index is 10.2. The van der Waals surface area contributed by atoms with Crippen LogP contribution in [-0.4, -0.2) is 10.1 Å². The Morgan fingerprint density at radius 1 is 0.810 bits per heavy atom. The highest BCUT2D eigenvalue weighted by molar-refractivity contribution is 5.92. The molecule has 0 fully saturated rings. The minimum Gasteiger partial charge on any atom is -0.507 e. The SMILES string of the molecule is Oc1ccccc1/C(=C/c1ccccn1)c1ccccc1. The van der Waals surface area contributed by atoms with Crippen molar-refractivity contribution in [2.75, 3.05) is 0 Å². The molecular formula is C19H15NO. The molecule has 3 rings (SSSR count). The Kier molecular flexibility index (Phi) is 3.79. The molecule has 1 heterocycles. The zero-order valence-corrected chi connectivity index (χ0v) is 11.5. The van der Waals surface area contributed by atoms with Crippen LogP contribution in [0.2, 0.25) is 0 Å². The van der Waals surface area contributed by atoms with E-state index in [1.54, 1.807) is 12.3 Å². The molecule has 0 radical (unpaired) electrons. The van der Waals surface area contributed by atoms with Crippen LogP contribution >= 0.6 is 0 Å². The van der Waals surface area contributed by atoms with Gasteiger partial charge in [0.25, 0.3) is 0 Å². The number of hydrogen-bond donors (Lipinski definition) is 1. The quantitative estimate of drug-likeness (QED) is 0.768. The highest BCUT2D eigenvalue weighted by Crippen LogP contribution is 2.31. The van der Waals surface area contributed by atoms with Gasteiger partial charge in [0, 0.05) is 11.8 Å². The van der Waals surface area contributed by atoms with Crippen molar-refractivity contribution in [1.82, 2.24) is 4.98 Å². The maximum Gasteiger partial charge on any atom is 0.123 e. The largest absolute Gasteiger partial charge is 0.507 e. The van der Waals surface area contributed by atoms with Gasteiger partial charge in [0.1, 0.15) is 5.75 Å². The number of hydrogen-bond acceptors (Lipinski definition) is 2. The van der Waals surface area contributed by atoms with Crippen molar-refractivity contribution in [1.29, 1.82) is 0 Å². The van der Waals surface area contributed by atoms with E-state index < -0.39 is 0 Å². The summed E-state index contributed by atoms with van der Waals surface area (Å²) in [5.41, 5.74) is 3.66. The van der Waals surface area contributed by atoms with E-state index >= 15 is 0 Å². The number of nitrogens with zero attached hydrogens (tertiary/aromatic N) is 1. The summed E-state index contributed by atoms with van der Waals surface area (Å²) in [6.07, 6.45) is 3.75.